The predicted molar refractivity (Wildman–Crippen MR) is 112 cm³/mol. The third-order valence-electron chi connectivity index (χ3n) is 6.01. The number of hydrogen-bond donors (Lipinski definition) is 1. The zero-order valence-electron chi connectivity index (χ0n) is 17.7. The molecule has 5 rings (SSSR count). The predicted octanol–water partition coefficient (Wildman–Crippen LogP) is 1.98. The van der Waals surface area contributed by atoms with E-state index >= 15 is 0 Å². The van der Waals surface area contributed by atoms with E-state index in [2.05, 4.69) is 15.5 Å². The van der Waals surface area contributed by atoms with E-state index in [0.717, 1.165) is 16.7 Å². The van der Waals surface area contributed by atoms with Crippen molar-refractivity contribution < 1.29 is 23.2 Å². The molecule has 33 heavy (non-hydrogen) atoms. The van der Waals surface area contributed by atoms with E-state index in [0.29, 0.717) is 23.2 Å². The largest absolute Gasteiger partial charge is 0.322 e. The summed E-state index contributed by atoms with van der Waals surface area (Å²) < 4.78 is 28.3. The second-order valence-corrected chi connectivity index (χ2v) is 8.14. The minimum Gasteiger partial charge on any atom is -0.322 e. The van der Waals surface area contributed by atoms with Crippen LogP contribution >= 0.6 is 0 Å². The number of halogens is 2. The van der Waals surface area contributed by atoms with E-state index < -0.39 is 24.9 Å². The lowest BCUT2D eigenvalue weighted by Gasteiger charge is -2.29. The Kier molecular flexibility index (Phi) is 5.03. The number of aryl methyl sites for hydroxylation is 1. The number of benzene rings is 1. The number of aromatic nitrogens is 4. The van der Waals surface area contributed by atoms with Crippen LogP contribution in [0, 0.1) is 0 Å². The standard InChI is InChI=1S/C22H20F2N6O3/c1-28-20(14-7-26-29(9-14)11-18(23)24)16(8-25-28)12-2-3-15-13(6-12)10-30(22(15)33)17-4-5-19(31)27-21(17)32/h2-3,6-9,17-18H,4-5,10-11H2,1H3,(H,27,31,32)/t17-/m0/s1. The number of rotatable bonds is 5. The zero-order valence-corrected chi connectivity index (χ0v) is 17.7. The number of piperidine rings is 1. The zero-order chi connectivity index (χ0) is 23.3. The first-order valence-corrected chi connectivity index (χ1v) is 10.4. The summed E-state index contributed by atoms with van der Waals surface area (Å²) in [5.74, 6) is -1.03. The van der Waals surface area contributed by atoms with Crippen LogP contribution in [0.25, 0.3) is 22.4 Å². The van der Waals surface area contributed by atoms with Gasteiger partial charge < -0.3 is 4.90 Å². The van der Waals surface area contributed by atoms with Gasteiger partial charge in [-0.05, 0) is 29.7 Å². The van der Waals surface area contributed by atoms with Gasteiger partial charge in [-0.2, -0.15) is 10.2 Å². The second kappa shape index (κ2) is 7.91. The Hall–Kier alpha value is -3.89. The lowest BCUT2D eigenvalue weighted by Crippen LogP contribution is -2.52. The van der Waals surface area contributed by atoms with Crippen molar-refractivity contribution in [2.45, 2.75) is 38.4 Å². The third-order valence-corrected chi connectivity index (χ3v) is 6.01. The van der Waals surface area contributed by atoms with Gasteiger partial charge in [0.2, 0.25) is 11.8 Å². The van der Waals surface area contributed by atoms with Gasteiger partial charge in [-0.25, -0.2) is 8.78 Å². The van der Waals surface area contributed by atoms with E-state index in [1.54, 1.807) is 36.3 Å². The number of hydrogen-bond acceptors (Lipinski definition) is 5. The first-order valence-electron chi connectivity index (χ1n) is 10.4. The number of alkyl halides is 2. The summed E-state index contributed by atoms with van der Waals surface area (Å²) in [6.45, 7) is -0.236. The van der Waals surface area contributed by atoms with Crippen molar-refractivity contribution in [3.05, 3.63) is 47.9 Å². The fraction of sp³-hybridized carbons (Fsp3) is 0.318. The Labute approximate surface area is 187 Å². The van der Waals surface area contributed by atoms with Crippen LogP contribution in [0.2, 0.25) is 0 Å². The summed E-state index contributed by atoms with van der Waals surface area (Å²) in [5, 5.41) is 10.6. The van der Waals surface area contributed by atoms with Gasteiger partial charge in [-0.3, -0.25) is 29.1 Å². The molecule has 1 fully saturated rings. The molecule has 1 atom stereocenters. The lowest BCUT2D eigenvalue weighted by atomic mass is 9.99. The molecule has 0 bridgehead atoms. The lowest BCUT2D eigenvalue weighted by molar-refractivity contribution is -0.136. The maximum atomic E-state index is 12.9. The van der Waals surface area contributed by atoms with E-state index in [-0.39, 0.29) is 24.8 Å². The summed E-state index contributed by atoms with van der Waals surface area (Å²) in [7, 11) is 1.75. The molecular weight excluding hydrogens is 434 g/mol. The molecule has 1 saturated heterocycles. The molecule has 1 aromatic carbocycles. The molecule has 2 aromatic heterocycles. The SMILES string of the molecule is Cn1ncc(-c2ccc3c(c2)CN([C@H]2CCC(=O)NC2=O)C3=O)c1-c1cnn(CC(F)F)c1. The highest BCUT2D eigenvalue weighted by atomic mass is 19.3. The molecule has 170 valence electrons. The number of carbonyl (C=O) groups excluding carboxylic acids is 3. The fourth-order valence-electron chi connectivity index (χ4n) is 4.46. The van der Waals surface area contributed by atoms with Crippen molar-refractivity contribution in [2.24, 2.45) is 7.05 Å². The normalized spacial score (nSPS) is 18.2. The molecule has 2 aliphatic heterocycles. The molecular formula is C22H20F2N6O3. The Morgan fingerprint density at radius 2 is 1.94 bits per heavy atom. The van der Waals surface area contributed by atoms with Crippen molar-refractivity contribution in [1.82, 2.24) is 29.8 Å². The molecule has 9 nitrogen and oxygen atoms in total. The van der Waals surface area contributed by atoms with Crippen molar-refractivity contribution in [1.29, 1.82) is 0 Å². The highest BCUT2D eigenvalue weighted by molar-refractivity contribution is 6.05. The quantitative estimate of drug-likeness (QED) is 0.594. The first-order chi connectivity index (χ1) is 15.8. The minimum atomic E-state index is -2.51. The Morgan fingerprint density at radius 1 is 1.12 bits per heavy atom. The number of nitrogens with zero attached hydrogens (tertiary/aromatic N) is 5. The van der Waals surface area contributed by atoms with Gasteiger partial charge in [0.15, 0.2) is 0 Å². The van der Waals surface area contributed by atoms with Crippen LogP contribution in [0.4, 0.5) is 8.78 Å². The van der Waals surface area contributed by atoms with Gasteiger partial charge in [0.1, 0.15) is 12.6 Å². The number of fused-ring (bicyclic) bond motifs is 1. The third kappa shape index (κ3) is 3.69. The molecule has 2 aliphatic rings. The van der Waals surface area contributed by atoms with E-state index in [4.69, 9.17) is 0 Å². The summed E-state index contributed by atoms with van der Waals surface area (Å²) >= 11 is 0. The number of nitrogens with one attached hydrogen (secondary N) is 1. The minimum absolute atomic E-state index is 0.195. The molecule has 3 amide bonds. The average Bonchev–Trinajstić information content (AvgIpc) is 3.45. The summed E-state index contributed by atoms with van der Waals surface area (Å²) in [4.78, 5) is 38.1. The fourth-order valence-corrected chi connectivity index (χ4v) is 4.46. The van der Waals surface area contributed by atoms with Crippen LogP contribution in [0.1, 0.15) is 28.8 Å². The smallest absolute Gasteiger partial charge is 0.257 e. The molecule has 0 unspecified atom stereocenters. The monoisotopic (exact) mass is 454 g/mol. The van der Waals surface area contributed by atoms with Gasteiger partial charge in [0.25, 0.3) is 12.3 Å². The molecule has 4 heterocycles. The Balaban J connectivity index is 1.45. The van der Waals surface area contributed by atoms with Crippen LogP contribution in [-0.2, 0) is 29.7 Å². The van der Waals surface area contributed by atoms with Gasteiger partial charge in [-0.15, -0.1) is 0 Å². The number of imide groups is 1. The maximum absolute atomic E-state index is 12.9. The molecule has 11 heteroatoms. The van der Waals surface area contributed by atoms with Gasteiger partial charge in [0, 0.05) is 42.9 Å². The van der Waals surface area contributed by atoms with Crippen LogP contribution in [-0.4, -0.2) is 54.6 Å². The van der Waals surface area contributed by atoms with Gasteiger partial charge in [-0.1, -0.05) is 6.07 Å². The summed E-state index contributed by atoms with van der Waals surface area (Å²) in [6.07, 6.45) is 2.73. The number of amides is 3. The average molecular weight is 454 g/mol. The van der Waals surface area contributed by atoms with E-state index in [1.807, 2.05) is 6.07 Å². The van der Waals surface area contributed by atoms with Crippen LogP contribution in [0.5, 0.6) is 0 Å². The van der Waals surface area contributed by atoms with Gasteiger partial charge >= 0.3 is 0 Å². The van der Waals surface area contributed by atoms with Crippen molar-refractivity contribution in [3.8, 4) is 22.4 Å². The second-order valence-electron chi connectivity index (χ2n) is 8.14. The molecule has 0 saturated carbocycles. The molecule has 1 N–H and O–H groups in total. The molecule has 0 radical (unpaired) electrons. The van der Waals surface area contributed by atoms with Crippen molar-refractivity contribution in [3.63, 3.8) is 0 Å². The summed E-state index contributed by atoms with van der Waals surface area (Å²) in [6, 6.07) is 4.72. The van der Waals surface area contributed by atoms with Crippen LogP contribution in [0.3, 0.4) is 0 Å². The highest BCUT2D eigenvalue weighted by Gasteiger charge is 2.39. The molecule has 0 aliphatic carbocycles. The molecule has 0 spiro atoms. The van der Waals surface area contributed by atoms with E-state index in [9.17, 15) is 23.2 Å². The highest BCUT2D eigenvalue weighted by Crippen LogP contribution is 2.35. The maximum Gasteiger partial charge on any atom is 0.257 e. The Bertz CT molecular complexity index is 1280. The first kappa shape index (κ1) is 21.0. The van der Waals surface area contributed by atoms with E-state index in [1.165, 1.54) is 15.8 Å². The van der Waals surface area contributed by atoms with Gasteiger partial charge in [0.05, 0.1) is 18.1 Å². The van der Waals surface area contributed by atoms with Crippen molar-refractivity contribution >= 4 is 17.7 Å². The summed E-state index contributed by atoms with van der Waals surface area (Å²) in [5.41, 5.74) is 4.21. The van der Waals surface area contributed by atoms with Crippen LogP contribution in [0.15, 0.2) is 36.8 Å². The Morgan fingerprint density at radius 3 is 2.70 bits per heavy atom. The topological polar surface area (TPSA) is 102 Å². The van der Waals surface area contributed by atoms with Crippen LogP contribution < -0.4 is 5.32 Å². The molecule has 3 aromatic rings. The number of carbonyl (C=O) groups is 3. The van der Waals surface area contributed by atoms with Crippen molar-refractivity contribution in [2.75, 3.05) is 0 Å².